The Balaban J connectivity index is 2.30. The van der Waals surface area contributed by atoms with Crippen LogP contribution in [0.3, 0.4) is 0 Å². The zero-order valence-electron chi connectivity index (χ0n) is 12.3. The molecule has 5 nitrogen and oxygen atoms in total. The SMILES string of the molecule is CCCCCC(=O)NNC(=O)C(C)Oc1ccc(F)cc1. The highest BCUT2D eigenvalue weighted by Crippen LogP contribution is 2.12. The lowest BCUT2D eigenvalue weighted by Crippen LogP contribution is -2.47. The molecule has 1 aromatic carbocycles. The molecule has 0 radical (unpaired) electrons. The van der Waals surface area contributed by atoms with Crippen LogP contribution < -0.4 is 15.6 Å². The van der Waals surface area contributed by atoms with Gasteiger partial charge in [-0.2, -0.15) is 0 Å². The van der Waals surface area contributed by atoms with Crippen molar-refractivity contribution in [2.75, 3.05) is 0 Å². The lowest BCUT2D eigenvalue weighted by atomic mass is 10.2. The summed E-state index contributed by atoms with van der Waals surface area (Å²) in [7, 11) is 0. The van der Waals surface area contributed by atoms with E-state index in [0.717, 1.165) is 19.3 Å². The molecule has 0 aromatic heterocycles. The fourth-order valence-electron chi connectivity index (χ4n) is 1.60. The van der Waals surface area contributed by atoms with E-state index in [1.807, 2.05) is 6.92 Å². The van der Waals surface area contributed by atoms with Crippen molar-refractivity contribution >= 4 is 11.8 Å². The van der Waals surface area contributed by atoms with Crippen molar-refractivity contribution in [3.63, 3.8) is 0 Å². The molecule has 0 spiro atoms. The van der Waals surface area contributed by atoms with E-state index < -0.39 is 12.0 Å². The van der Waals surface area contributed by atoms with Gasteiger partial charge in [-0.1, -0.05) is 19.8 Å². The number of ether oxygens (including phenoxy) is 1. The summed E-state index contributed by atoms with van der Waals surface area (Å²) in [6.07, 6.45) is 2.38. The zero-order chi connectivity index (χ0) is 15.7. The van der Waals surface area contributed by atoms with Gasteiger partial charge >= 0.3 is 0 Å². The smallest absolute Gasteiger partial charge is 0.279 e. The molecule has 2 N–H and O–H groups in total. The number of hydrazine groups is 1. The van der Waals surface area contributed by atoms with Crippen molar-refractivity contribution in [3.05, 3.63) is 30.1 Å². The molecule has 0 aliphatic carbocycles. The lowest BCUT2D eigenvalue weighted by molar-refractivity contribution is -0.132. The molecule has 0 bridgehead atoms. The summed E-state index contributed by atoms with van der Waals surface area (Å²) in [6.45, 7) is 3.59. The topological polar surface area (TPSA) is 67.4 Å². The maximum atomic E-state index is 12.7. The maximum absolute atomic E-state index is 12.7. The van der Waals surface area contributed by atoms with E-state index in [1.165, 1.54) is 24.3 Å². The second kappa shape index (κ2) is 8.94. The lowest BCUT2D eigenvalue weighted by Gasteiger charge is -2.15. The molecular weight excluding hydrogens is 275 g/mol. The third-order valence-corrected chi connectivity index (χ3v) is 2.83. The second-order valence-electron chi connectivity index (χ2n) is 4.71. The Morgan fingerprint density at radius 1 is 1.19 bits per heavy atom. The minimum Gasteiger partial charge on any atom is -0.481 e. The zero-order valence-corrected chi connectivity index (χ0v) is 12.3. The molecule has 116 valence electrons. The largest absolute Gasteiger partial charge is 0.481 e. The van der Waals surface area contributed by atoms with Crippen molar-refractivity contribution in [3.8, 4) is 5.75 Å². The quantitative estimate of drug-likeness (QED) is 0.599. The van der Waals surface area contributed by atoms with Crippen LogP contribution in [-0.4, -0.2) is 17.9 Å². The third kappa shape index (κ3) is 6.74. The molecule has 0 saturated carbocycles. The summed E-state index contributed by atoms with van der Waals surface area (Å²) in [6, 6.07) is 5.36. The predicted octanol–water partition coefficient (Wildman–Crippen LogP) is 2.32. The molecule has 1 aromatic rings. The molecule has 6 heteroatoms. The highest BCUT2D eigenvalue weighted by atomic mass is 19.1. The first-order chi connectivity index (χ1) is 10.0. The highest BCUT2D eigenvalue weighted by Gasteiger charge is 2.15. The number of benzene rings is 1. The van der Waals surface area contributed by atoms with E-state index in [-0.39, 0.29) is 11.7 Å². The molecule has 0 aliphatic heterocycles. The molecular formula is C15H21FN2O3. The van der Waals surface area contributed by atoms with Crippen LogP contribution in [0, 0.1) is 5.82 Å². The highest BCUT2D eigenvalue weighted by molar-refractivity contribution is 5.84. The van der Waals surface area contributed by atoms with Gasteiger partial charge in [0.05, 0.1) is 0 Å². The summed E-state index contributed by atoms with van der Waals surface area (Å²) in [4.78, 5) is 23.2. The van der Waals surface area contributed by atoms with Crippen LogP contribution in [0.1, 0.15) is 39.5 Å². The van der Waals surface area contributed by atoms with Gasteiger partial charge in [-0.15, -0.1) is 0 Å². The third-order valence-electron chi connectivity index (χ3n) is 2.83. The Bertz CT molecular complexity index is 462. The van der Waals surface area contributed by atoms with Gasteiger partial charge in [0, 0.05) is 6.42 Å². The fraction of sp³-hybridized carbons (Fsp3) is 0.467. The van der Waals surface area contributed by atoms with Crippen LogP contribution in [0.15, 0.2) is 24.3 Å². The number of halogens is 1. The number of nitrogens with one attached hydrogen (secondary N) is 2. The number of rotatable bonds is 7. The molecule has 1 atom stereocenters. The summed E-state index contributed by atoms with van der Waals surface area (Å²) < 4.78 is 18.1. The van der Waals surface area contributed by atoms with E-state index in [1.54, 1.807) is 6.92 Å². The van der Waals surface area contributed by atoms with Crippen molar-refractivity contribution in [1.82, 2.24) is 10.9 Å². The van der Waals surface area contributed by atoms with Gasteiger partial charge in [0.25, 0.3) is 5.91 Å². The first-order valence-corrected chi connectivity index (χ1v) is 7.04. The molecule has 0 heterocycles. The van der Waals surface area contributed by atoms with Crippen molar-refractivity contribution in [2.24, 2.45) is 0 Å². The van der Waals surface area contributed by atoms with Crippen LogP contribution in [-0.2, 0) is 9.59 Å². The van der Waals surface area contributed by atoms with E-state index >= 15 is 0 Å². The molecule has 2 amide bonds. The van der Waals surface area contributed by atoms with Crippen LogP contribution in [0.5, 0.6) is 5.75 Å². The van der Waals surface area contributed by atoms with Crippen molar-refractivity contribution < 1.29 is 18.7 Å². The number of carbonyl (C=O) groups excluding carboxylic acids is 2. The van der Waals surface area contributed by atoms with Gasteiger partial charge < -0.3 is 4.74 Å². The molecule has 1 unspecified atom stereocenters. The standard InChI is InChI=1S/C15H21FN2O3/c1-3-4-5-6-14(19)17-18-15(20)11(2)21-13-9-7-12(16)8-10-13/h7-11H,3-6H2,1-2H3,(H,17,19)(H,18,20). The van der Waals surface area contributed by atoms with Crippen molar-refractivity contribution in [1.29, 1.82) is 0 Å². The van der Waals surface area contributed by atoms with Gasteiger partial charge in [-0.25, -0.2) is 4.39 Å². The van der Waals surface area contributed by atoms with E-state index in [9.17, 15) is 14.0 Å². The second-order valence-corrected chi connectivity index (χ2v) is 4.71. The monoisotopic (exact) mass is 296 g/mol. The fourth-order valence-corrected chi connectivity index (χ4v) is 1.60. The normalized spacial score (nSPS) is 11.6. The van der Waals surface area contributed by atoms with Crippen LogP contribution >= 0.6 is 0 Å². The van der Waals surface area contributed by atoms with Crippen LogP contribution in [0.25, 0.3) is 0 Å². The Morgan fingerprint density at radius 2 is 1.86 bits per heavy atom. The predicted molar refractivity (Wildman–Crippen MR) is 76.9 cm³/mol. The summed E-state index contributed by atoms with van der Waals surface area (Å²) in [5.74, 6) is -0.693. The number of unbranched alkanes of at least 4 members (excludes halogenated alkanes) is 2. The molecule has 0 aliphatic rings. The first-order valence-electron chi connectivity index (χ1n) is 7.04. The Morgan fingerprint density at radius 3 is 2.48 bits per heavy atom. The molecule has 0 fully saturated rings. The molecule has 21 heavy (non-hydrogen) atoms. The maximum Gasteiger partial charge on any atom is 0.279 e. The summed E-state index contributed by atoms with van der Waals surface area (Å²) in [5, 5.41) is 0. The van der Waals surface area contributed by atoms with Gasteiger partial charge in [-0.3, -0.25) is 20.4 Å². The molecule has 0 saturated heterocycles. The average molecular weight is 296 g/mol. The van der Waals surface area contributed by atoms with Crippen molar-refractivity contribution in [2.45, 2.75) is 45.6 Å². The van der Waals surface area contributed by atoms with E-state index in [2.05, 4.69) is 10.9 Å². The number of hydrogen-bond donors (Lipinski definition) is 2. The van der Waals surface area contributed by atoms with Gasteiger partial charge in [0.15, 0.2) is 6.10 Å². The summed E-state index contributed by atoms with van der Waals surface area (Å²) in [5.41, 5.74) is 4.64. The minimum atomic E-state index is -0.800. The Labute approximate surface area is 123 Å². The van der Waals surface area contributed by atoms with Gasteiger partial charge in [-0.05, 0) is 37.6 Å². The first kappa shape index (κ1) is 16.9. The van der Waals surface area contributed by atoms with E-state index in [4.69, 9.17) is 4.74 Å². The average Bonchev–Trinajstić information content (AvgIpc) is 2.47. The van der Waals surface area contributed by atoms with E-state index in [0.29, 0.717) is 12.2 Å². The van der Waals surface area contributed by atoms with Crippen LogP contribution in [0.4, 0.5) is 4.39 Å². The number of amides is 2. The number of carbonyl (C=O) groups is 2. The Hall–Kier alpha value is -2.11. The Kier molecular flexibility index (Phi) is 7.21. The van der Waals surface area contributed by atoms with Crippen LogP contribution in [0.2, 0.25) is 0 Å². The van der Waals surface area contributed by atoms with Gasteiger partial charge in [0.2, 0.25) is 5.91 Å². The minimum absolute atomic E-state index is 0.231. The van der Waals surface area contributed by atoms with Gasteiger partial charge in [0.1, 0.15) is 11.6 Å². The molecule has 1 rings (SSSR count). The number of hydrogen-bond acceptors (Lipinski definition) is 3. The summed E-state index contributed by atoms with van der Waals surface area (Å²) >= 11 is 0.